The summed E-state index contributed by atoms with van der Waals surface area (Å²) in [6.07, 6.45) is 7.94. The van der Waals surface area contributed by atoms with Crippen LogP contribution in [0.5, 0.6) is 0 Å². The summed E-state index contributed by atoms with van der Waals surface area (Å²) in [4.78, 5) is 20.2. The van der Waals surface area contributed by atoms with Crippen LogP contribution in [0.25, 0.3) is 17.0 Å². The van der Waals surface area contributed by atoms with Gasteiger partial charge in [-0.15, -0.1) is 0 Å². The second-order valence-electron chi connectivity index (χ2n) is 4.58. The van der Waals surface area contributed by atoms with E-state index in [2.05, 4.69) is 15.3 Å². The summed E-state index contributed by atoms with van der Waals surface area (Å²) >= 11 is 0. The molecule has 0 aliphatic heterocycles. The van der Waals surface area contributed by atoms with E-state index >= 15 is 0 Å². The summed E-state index contributed by atoms with van der Waals surface area (Å²) in [5.41, 5.74) is 1.83. The predicted molar refractivity (Wildman–Crippen MR) is 77.4 cm³/mol. The zero-order valence-corrected chi connectivity index (χ0v) is 11.3. The molecule has 0 fully saturated rings. The van der Waals surface area contributed by atoms with E-state index in [0.717, 1.165) is 11.3 Å². The van der Waals surface area contributed by atoms with Crippen LogP contribution >= 0.6 is 0 Å². The summed E-state index contributed by atoms with van der Waals surface area (Å²) in [6.45, 7) is 0. The van der Waals surface area contributed by atoms with Crippen molar-refractivity contribution >= 4 is 17.6 Å². The lowest BCUT2D eigenvalue weighted by Gasteiger charge is -1.97. The van der Waals surface area contributed by atoms with Crippen molar-refractivity contribution in [3.8, 4) is 11.3 Å². The molecule has 22 heavy (non-hydrogen) atoms. The first-order valence-corrected chi connectivity index (χ1v) is 6.53. The molecule has 0 atom stereocenters. The van der Waals surface area contributed by atoms with Crippen LogP contribution < -0.4 is 5.32 Å². The number of rotatable bonds is 3. The molecule has 4 heterocycles. The molecule has 0 aromatic carbocycles. The molecular weight excluding hydrogens is 284 g/mol. The SMILES string of the molecule is O=C(Nc1ncco1)c1cn2cc(-c3ccco3)ccc2n1. The monoisotopic (exact) mass is 294 g/mol. The lowest BCUT2D eigenvalue weighted by molar-refractivity contribution is 0.102. The Morgan fingerprint density at radius 2 is 2.09 bits per heavy atom. The van der Waals surface area contributed by atoms with Crippen LogP contribution in [-0.4, -0.2) is 20.3 Å². The van der Waals surface area contributed by atoms with Crippen LogP contribution in [-0.2, 0) is 0 Å². The third kappa shape index (κ3) is 2.14. The zero-order chi connectivity index (χ0) is 14.9. The number of furan rings is 1. The van der Waals surface area contributed by atoms with Gasteiger partial charge < -0.3 is 13.2 Å². The number of anilines is 1. The second kappa shape index (κ2) is 4.88. The van der Waals surface area contributed by atoms with Gasteiger partial charge in [0.15, 0.2) is 0 Å². The highest BCUT2D eigenvalue weighted by Crippen LogP contribution is 2.20. The number of imidazole rings is 1. The quantitative estimate of drug-likeness (QED) is 0.628. The zero-order valence-electron chi connectivity index (χ0n) is 11.3. The molecule has 7 nitrogen and oxygen atoms in total. The lowest BCUT2D eigenvalue weighted by atomic mass is 10.2. The summed E-state index contributed by atoms with van der Waals surface area (Å²) in [5, 5.41) is 2.53. The Labute approximate surface area is 124 Å². The minimum Gasteiger partial charge on any atom is -0.464 e. The molecule has 4 aromatic rings. The maximum atomic E-state index is 12.1. The van der Waals surface area contributed by atoms with E-state index in [1.54, 1.807) is 16.9 Å². The molecule has 4 aromatic heterocycles. The fourth-order valence-electron chi connectivity index (χ4n) is 2.14. The van der Waals surface area contributed by atoms with Gasteiger partial charge >= 0.3 is 6.01 Å². The molecule has 0 bridgehead atoms. The van der Waals surface area contributed by atoms with Crippen LogP contribution in [0.4, 0.5) is 6.01 Å². The fraction of sp³-hybridized carbons (Fsp3) is 0. The Morgan fingerprint density at radius 1 is 1.14 bits per heavy atom. The Kier molecular flexibility index (Phi) is 2.75. The third-order valence-corrected chi connectivity index (χ3v) is 3.14. The molecule has 0 saturated heterocycles. The van der Waals surface area contributed by atoms with Crippen molar-refractivity contribution in [2.45, 2.75) is 0 Å². The van der Waals surface area contributed by atoms with Crippen LogP contribution in [0.3, 0.4) is 0 Å². The van der Waals surface area contributed by atoms with Gasteiger partial charge in [-0.2, -0.15) is 0 Å². The highest BCUT2D eigenvalue weighted by Gasteiger charge is 2.13. The van der Waals surface area contributed by atoms with Gasteiger partial charge in [-0.3, -0.25) is 10.1 Å². The number of carbonyl (C=O) groups excluding carboxylic acids is 1. The van der Waals surface area contributed by atoms with Gasteiger partial charge in [-0.1, -0.05) is 0 Å². The van der Waals surface area contributed by atoms with E-state index in [1.807, 2.05) is 30.5 Å². The van der Waals surface area contributed by atoms with Gasteiger partial charge in [0.2, 0.25) is 0 Å². The molecule has 0 radical (unpaired) electrons. The van der Waals surface area contributed by atoms with E-state index in [9.17, 15) is 4.79 Å². The van der Waals surface area contributed by atoms with Crippen LogP contribution in [0.2, 0.25) is 0 Å². The first-order chi connectivity index (χ1) is 10.8. The summed E-state index contributed by atoms with van der Waals surface area (Å²) in [7, 11) is 0. The highest BCUT2D eigenvalue weighted by molar-refractivity contribution is 6.02. The van der Waals surface area contributed by atoms with Crippen molar-refractivity contribution in [3.05, 3.63) is 61.1 Å². The number of fused-ring (bicyclic) bond motifs is 1. The van der Waals surface area contributed by atoms with Gasteiger partial charge in [-0.25, -0.2) is 9.97 Å². The second-order valence-corrected chi connectivity index (χ2v) is 4.58. The number of amides is 1. The highest BCUT2D eigenvalue weighted by atomic mass is 16.4. The van der Waals surface area contributed by atoms with Crippen LogP contribution in [0.1, 0.15) is 10.5 Å². The van der Waals surface area contributed by atoms with Crippen molar-refractivity contribution in [3.63, 3.8) is 0 Å². The number of oxazole rings is 1. The lowest BCUT2D eigenvalue weighted by Crippen LogP contribution is -2.12. The van der Waals surface area contributed by atoms with Crippen molar-refractivity contribution in [1.29, 1.82) is 0 Å². The largest absolute Gasteiger partial charge is 0.464 e. The minimum absolute atomic E-state index is 0.137. The Bertz CT molecular complexity index is 923. The topological polar surface area (TPSA) is 85.6 Å². The number of nitrogens with zero attached hydrogens (tertiary/aromatic N) is 3. The average Bonchev–Trinajstić information content (AvgIpc) is 3.27. The Morgan fingerprint density at radius 3 is 2.86 bits per heavy atom. The number of pyridine rings is 1. The standard InChI is InChI=1S/C15H10N4O3/c20-14(18-15-16-5-7-22-15)11-9-19-8-10(3-4-13(19)17-11)12-2-1-6-21-12/h1-9H,(H,16,18,20). The minimum atomic E-state index is -0.384. The maximum Gasteiger partial charge on any atom is 0.301 e. The van der Waals surface area contributed by atoms with Crippen LogP contribution in [0.15, 0.2) is 64.2 Å². The number of nitrogens with one attached hydrogen (secondary N) is 1. The van der Waals surface area contributed by atoms with E-state index in [0.29, 0.717) is 5.65 Å². The molecule has 0 aliphatic rings. The molecule has 1 N–H and O–H groups in total. The molecule has 0 unspecified atom stereocenters. The summed E-state index contributed by atoms with van der Waals surface area (Å²) < 4.78 is 12.1. The van der Waals surface area contributed by atoms with Gasteiger partial charge in [0.25, 0.3) is 5.91 Å². The molecule has 4 rings (SSSR count). The molecule has 0 saturated carbocycles. The van der Waals surface area contributed by atoms with E-state index in [4.69, 9.17) is 8.83 Å². The van der Waals surface area contributed by atoms with Crippen molar-refractivity contribution in [2.75, 3.05) is 5.32 Å². The van der Waals surface area contributed by atoms with Crippen molar-refractivity contribution < 1.29 is 13.6 Å². The molecule has 108 valence electrons. The number of carbonyl (C=O) groups is 1. The molecule has 0 spiro atoms. The van der Waals surface area contributed by atoms with E-state index in [-0.39, 0.29) is 17.6 Å². The fourth-order valence-corrected chi connectivity index (χ4v) is 2.14. The van der Waals surface area contributed by atoms with Crippen molar-refractivity contribution in [1.82, 2.24) is 14.4 Å². The van der Waals surface area contributed by atoms with Gasteiger partial charge in [-0.05, 0) is 24.3 Å². The average molecular weight is 294 g/mol. The van der Waals surface area contributed by atoms with E-state index in [1.165, 1.54) is 12.5 Å². The first-order valence-electron chi connectivity index (χ1n) is 6.53. The van der Waals surface area contributed by atoms with Crippen molar-refractivity contribution in [2.24, 2.45) is 0 Å². The molecular formula is C15H10N4O3. The Balaban J connectivity index is 1.67. The predicted octanol–water partition coefficient (Wildman–Crippen LogP) is 2.83. The van der Waals surface area contributed by atoms with Gasteiger partial charge in [0.1, 0.15) is 23.4 Å². The van der Waals surface area contributed by atoms with Gasteiger partial charge in [0.05, 0.1) is 12.5 Å². The molecule has 1 amide bonds. The van der Waals surface area contributed by atoms with E-state index < -0.39 is 0 Å². The molecule has 0 aliphatic carbocycles. The normalized spacial score (nSPS) is 10.9. The summed E-state index contributed by atoms with van der Waals surface area (Å²) in [6, 6.07) is 7.53. The summed E-state index contributed by atoms with van der Waals surface area (Å²) in [5.74, 6) is 0.368. The number of aromatic nitrogens is 3. The number of hydrogen-bond acceptors (Lipinski definition) is 5. The Hall–Kier alpha value is -3.35. The molecule has 7 heteroatoms. The third-order valence-electron chi connectivity index (χ3n) is 3.14. The first kappa shape index (κ1) is 12.4. The maximum absolute atomic E-state index is 12.1. The van der Waals surface area contributed by atoms with Gasteiger partial charge in [0, 0.05) is 18.0 Å². The smallest absolute Gasteiger partial charge is 0.301 e. The van der Waals surface area contributed by atoms with Crippen LogP contribution in [0, 0.1) is 0 Å². The number of hydrogen-bond donors (Lipinski definition) is 1.